The SMILES string of the molecule is Cn1cnc(C(NN)c2ccccc2C2CCC2)c1. The van der Waals surface area contributed by atoms with Gasteiger partial charge in [0.1, 0.15) is 0 Å². The van der Waals surface area contributed by atoms with Crippen molar-refractivity contribution in [3.63, 3.8) is 0 Å². The van der Waals surface area contributed by atoms with Crippen molar-refractivity contribution in [3.8, 4) is 0 Å². The molecule has 1 heterocycles. The van der Waals surface area contributed by atoms with E-state index < -0.39 is 0 Å². The molecule has 4 nitrogen and oxygen atoms in total. The maximum atomic E-state index is 5.78. The molecule has 3 rings (SSSR count). The van der Waals surface area contributed by atoms with Crippen molar-refractivity contribution in [2.24, 2.45) is 12.9 Å². The molecule has 4 heteroatoms. The van der Waals surface area contributed by atoms with Gasteiger partial charge in [0.05, 0.1) is 18.1 Å². The van der Waals surface area contributed by atoms with Crippen LogP contribution in [0.1, 0.15) is 48.0 Å². The number of hydrazine groups is 1. The quantitative estimate of drug-likeness (QED) is 0.651. The Morgan fingerprint density at radius 1 is 1.37 bits per heavy atom. The van der Waals surface area contributed by atoms with Gasteiger partial charge >= 0.3 is 0 Å². The number of aromatic nitrogens is 2. The topological polar surface area (TPSA) is 55.9 Å². The zero-order chi connectivity index (χ0) is 13.2. The molecule has 1 atom stereocenters. The summed E-state index contributed by atoms with van der Waals surface area (Å²) in [6.45, 7) is 0. The van der Waals surface area contributed by atoms with Crippen molar-refractivity contribution in [1.82, 2.24) is 15.0 Å². The molecule has 0 amide bonds. The Labute approximate surface area is 113 Å². The molecule has 19 heavy (non-hydrogen) atoms. The summed E-state index contributed by atoms with van der Waals surface area (Å²) in [6.07, 6.45) is 7.74. The van der Waals surface area contributed by atoms with Crippen LogP contribution < -0.4 is 11.3 Å². The first-order chi connectivity index (χ1) is 9.29. The summed E-state index contributed by atoms with van der Waals surface area (Å²) in [5.41, 5.74) is 6.56. The van der Waals surface area contributed by atoms with Crippen LogP contribution in [0.4, 0.5) is 0 Å². The van der Waals surface area contributed by atoms with E-state index in [0.29, 0.717) is 5.92 Å². The van der Waals surface area contributed by atoms with Crippen molar-refractivity contribution in [2.45, 2.75) is 31.2 Å². The number of imidazole rings is 1. The summed E-state index contributed by atoms with van der Waals surface area (Å²) in [5, 5.41) is 0. The fourth-order valence-electron chi connectivity index (χ4n) is 2.78. The van der Waals surface area contributed by atoms with E-state index in [9.17, 15) is 0 Å². The van der Waals surface area contributed by atoms with E-state index >= 15 is 0 Å². The lowest BCUT2D eigenvalue weighted by Crippen LogP contribution is -2.30. The predicted octanol–water partition coefficient (Wildman–Crippen LogP) is 2.24. The molecule has 0 saturated heterocycles. The molecule has 1 aliphatic carbocycles. The fourth-order valence-corrected chi connectivity index (χ4v) is 2.78. The molecule has 3 N–H and O–H groups in total. The Morgan fingerprint density at radius 2 is 2.16 bits per heavy atom. The van der Waals surface area contributed by atoms with Crippen molar-refractivity contribution in [1.29, 1.82) is 0 Å². The Balaban J connectivity index is 1.99. The van der Waals surface area contributed by atoms with Crippen molar-refractivity contribution in [3.05, 3.63) is 53.6 Å². The molecular weight excluding hydrogens is 236 g/mol. The minimum Gasteiger partial charge on any atom is -0.340 e. The van der Waals surface area contributed by atoms with Gasteiger partial charge in [-0.05, 0) is 29.9 Å². The van der Waals surface area contributed by atoms with Crippen LogP contribution in [0.25, 0.3) is 0 Å². The highest BCUT2D eigenvalue weighted by atomic mass is 15.2. The molecule has 0 bridgehead atoms. The molecule has 0 aliphatic heterocycles. The second-order valence-corrected chi connectivity index (χ2v) is 5.32. The summed E-state index contributed by atoms with van der Waals surface area (Å²) in [4.78, 5) is 4.43. The molecule has 1 unspecified atom stereocenters. The van der Waals surface area contributed by atoms with Crippen LogP contribution in [-0.4, -0.2) is 9.55 Å². The Morgan fingerprint density at radius 3 is 2.74 bits per heavy atom. The molecule has 1 aromatic carbocycles. The molecule has 0 radical (unpaired) electrons. The van der Waals surface area contributed by atoms with Crippen LogP contribution in [0.3, 0.4) is 0 Å². The first kappa shape index (κ1) is 12.4. The van der Waals surface area contributed by atoms with Crippen LogP contribution in [0, 0.1) is 0 Å². The van der Waals surface area contributed by atoms with Gasteiger partial charge in [0.25, 0.3) is 0 Å². The third-order valence-corrected chi connectivity index (χ3v) is 4.04. The lowest BCUT2D eigenvalue weighted by molar-refractivity contribution is 0.414. The van der Waals surface area contributed by atoms with E-state index in [2.05, 4.69) is 34.7 Å². The highest BCUT2D eigenvalue weighted by Gasteiger charge is 2.25. The van der Waals surface area contributed by atoms with E-state index in [1.54, 1.807) is 0 Å². The molecule has 1 saturated carbocycles. The van der Waals surface area contributed by atoms with Crippen LogP contribution in [0.5, 0.6) is 0 Å². The average Bonchev–Trinajstić information content (AvgIpc) is 2.77. The summed E-state index contributed by atoms with van der Waals surface area (Å²) in [5.74, 6) is 6.47. The maximum Gasteiger partial charge on any atom is 0.0947 e. The number of nitrogens with one attached hydrogen (secondary N) is 1. The van der Waals surface area contributed by atoms with Crippen LogP contribution in [-0.2, 0) is 7.05 Å². The number of aryl methyl sites for hydroxylation is 1. The zero-order valence-electron chi connectivity index (χ0n) is 11.2. The van der Waals surface area contributed by atoms with Gasteiger partial charge in [-0.25, -0.2) is 10.4 Å². The molecule has 1 aromatic heterocycles. The summed E-state index contributed by atoms with van der Waals surface area (Å²) >= 11 is 0. The van der Waals surface area contributed by atoms with E-state index in [4.69, 9.17) is 5.84 Å². The first-order valence-electron chi connectivity index (χ1n) is 6.82. The smallest absolute Gasteiger partial charge is 0.0947 e. The Kier molecular flexibility index (Phi) is 3.36. The lowest BCUT2D eigenvalue weighted by Gasteiger charge is -2.30. The van der Waals surface area contributed by atoms with Gasteiger partial charge in [-0.1, -0.05) is 30.7 Å². The fraction of sp³-hybridized carbons (Fsp3) is 0.400. The van der Waals surface area contributed by atoms with Gasteiger partial charge < -0.3 is 4.57 Å². The Bertz CT molecular complexity index is 557. The molecule has 100 valence electrons. The number of hydrogen-bond donors (Lipinski definition) is 2. The minimum atomic E-state index is -0.0296. The monoisotopic (exact) mass is 256 g/mol. The molecule has 2 aromatic rings. The van der Waals surface area contributed by atoms with E-state index in [1.807, 2.05) is 24.1 Å². The molecule has 0 spiro atoms. The summed E-state index contributed by atoms with van der Waals surface area (Å²) in [6, 6.07) is 8.55. The number of hydrogen-bond acceptors (Lipinski definition) is 3. The first-order valence-corrected chi connectivity index (χ1v) is 6.82. The maximum absolute atomic E-state index is 5.78. The van der Waals surface area contributed by atoms with Gasteiger partial charge in [-0.2, -0.15) is 0 Å². The van der Waals surface area contributed by atoms with Crippen LogP contribution >= 0.6 is 0 Å². The predicted molar refractivity (Wildman–Crippen MR) is 75.4 cm³/mol. The third kappa shape index (κ3) is 2.29. The zero-order valence-corrected chi connectivity index (χ0v) is 11.2. The molecule has 1 aliphatic rings. The van der Waals surface area contributed by atoms with Crippen LogP contribution in [0.15, 0.2) is 36.8 Å². The van der Waals surface area contributed by atoms with Crippen molar-refractivity contribution >= 4 is 0 Å². The van der Waals surface area contributed by atoms with E-state index in [0.717, 1.165) is 5.69 Å². The average molecular weight is 256 g/mol. The normalized spacial score (nSPS) is 17.2. The molecular formula is C15H20N4. The highest BCUT2D eigenvalue weighted by Crippen LogP contribution is 2.40. The third-order valence-electron chi connectivity index (χ3n) is 4.04. The Hall–Kier alpha value is -1.65. The van der Waals surface area contributed by atoms with Gasteiger partial charge in [-0.15, -0.1) is 0 Å². The van der Waals surface area contributed by atoms with Crippen LogP contribution in [0.2, 0.25) is 0 Å². The second kappa shape index (κ2) is 5.15. The van der Waals surface area contributed by atoms with E-state index in [-0.39, 0.29) is 6.04 Å². The van der Waals surface area contributed by atoms with Crippen molar-refractivity contribution < 1.29 is 0 Å². The lowest BCUT2D eigenvalue weighted by atomic mass is 9.77. The van der Waals surface area contributed by atoms with Gasteiger partial charge in [0, 0.05) is 13.2 Å². The second-order valence-electron chi connectivity index (χ2n) is 5.32. The van der Waals surface area contributed by atoms with Crippen molar-refractivity contribution in [2.75, 3.05) is 0 Å². The van der Waals surface area contributed by atoms with Gasteiger partial charge in [0.15, 0.2) is 0 Å². The number of rotatable bonds is 4. The standard InChI is InChI=1S/C15H20N4/c1-19-9-14(17-10-19)15(18-16)13-8-3-2-7-12(13)11-5-4-6-11/h2-3,7-11,15,18H,4-6,16H2,1H3. The molecule has 1 fully saturated rings. The number of nitrogens with zero attached hydrogens (tertiary/aromatic N) is 2. The highest BCUT2D eigenvalue weighted by molar-refractivity contribution is 5.37. The minimum absolute atomic E-state index is 0.0296. The summed E-state index contributed by atoms with van der Waals surface area (Å²) < 4.78 is 1.95. The number of benzene rings is 1. The summed E-state index contributed by atoms with van der Waals surface area (Å²) in [7, 11) is 1.97. The number of nitrogens with two attached hydrogens (primary N) is 1. The largest absolute Gasteiger partial charge is 0.340 e. The van der Waals surface area contributed by atoms with Gasteiger partial charge in [0.2, 0.25) is 0 Å². The van der Waals surface area contributed by atoms with E-state index in [1.165, 1.54) is 30.4 Å². The van der Waals surface area contributed by atoms with Gasteiger partial charge in [-0.3, -0.25) is 5.84 Å².